The molecular weight excluding hydrogens is 208 g/mol. The summed E-state index contributed by atoms with van der Waals surface area (Å²) in [6.45, 7) is 10.9. The van der Waals surface area contributed by atoms with Crippen LogP contribution < -0.4 is 5.73 Å². The third-order valence-electron chi connectivity index (χ3n) is 4.52. The summed E-state index contributed by atoms with van der Waals surface area (Å²) in [6, 6.07) is 0.297. The van der Waals surface area contributed by atoms with E-state index in [1.807, 2.05) is 6.08 Å². The fourth-order valence-corrected chi connectivity index (χ4v) is 2.92. The molecule has 2 unspecified atom stereocenters. The van der Waals surface area contributed by atoms with Crippen LogP contribution in [0.4, 0.5) is 0 Å². The third-order valence-corrected chi connectivity index (χ3v) is 4.52. The Balaban J connectivity index is 2.54. The highest BCUT2D eigenvalue weighted by molar-refractivity contribution is 4.95. The zero-order chi connectivity index (χ0) is 12.7. The van der Waals surface area contributed by atoms with Crippen LogP contribution in [0, 0.1) is 0 Å². The minimum absolute atomic E-state index is 0.196. The predicted octanol–water partition coefficient (Wildman–Crippen LogP) is 3.32. The summed E-state index contributed by atoms with van der Waals surface area (Å²) in [7, 11) is 0. The molecule has 0 aliphatic carbocycles. The Morgan fingerprint density at radius 1 is 1.35 bits per heavy atom. The molecule has 1 saturated heterocycles. The number of nitrogens with two attached hydrogens (primary N) is 1. The van der Waals surface area contributed by atoms with Gasteiger partial charge in [-0.1, -0.05) is 19.4 Å². The summed E-state index contributed by atoms with van der Waals surface area (Å²) in [5.41, 5.74) is 6.65. The SMILES string of the molecule is C=CCCCC(N)C(C)(CC)N1CCCCC1. The standard InChI is InChI=1S/C15H30N2/c1-4-6-8-11-14(16)15(3,5-2)17-12-9-7-10-13-17/h4,14H,1,5-13,16H2,2-3H3. The Morgan fingerprint density at radius 3 is 2.53 bits per heavy atom. The average Bonchev–Trinajstić information content (AvgIpc) is 2.39. The van der Waals surface area contributed by atoms with Gasteiger partial charge in [-0.2, -0.15) is 0 Å². The van der Waals surface area contributed by atoms with Gasteiger partial charge in [0.2, 0.25) is 0 Å². The first-order valence-electron chi connectivity index (χ1n) is 7.26. The number of likely N-dealkylation sites (tertiary alicyclic amines) is 1. The van der Waals surface area contributed by atoms with E-state index in [1.54, 1.807) is 0 Å². The van der Waals surface area contributed by atoms with E-state index in [0.29, 0.717) is 6.04 Å². The minimum atomic E-state index is 0.196. The lowest BCUT2D eigenvalue weighted by Gasteiger charge is -2.47. The van der Waals surface area contributed by atoms with Gasteiger partial charge in [0, 0.05) is 11.6 Å². The van der Waals surface area contributed by atoms with E-state index in [2.05, 4.69) is 25.3 Å². The molecule has 0 aromatic carbocycles. The van der Waals surface area contributed by atoms with Crippen LogP contribution in [0.3, 0.4) is 0 Å². The largest absolute Gasteiger partial charge is 0.326 e. The fraction of sp³-hybridized carbons (Fsp3) is 0.867. The van der Waals surface area contributed by atoms with E-state index in [1.165, 1.54) is 38.8 Å². The van der Waals surface area contributed by atoms with Crippen LogP contribution in [-0.2, 0) is 0 Å². The molecule has 0 saturated carbocycles. The molecule has 0 aromatic heterocycles. The molecule has 0 bridgehead atoms. The molecule has 2 N–H and O–H groups in total. The minimum Gasteiger partial charge on any atom is -0.326 e. The normalized spacial score (nSPS) is 23.0. The molecule has 0 spiro atoms. The van der Waals surface area contributed by atoms with E-state index in [0.717, 1.165) is 19.3 Å². The highest BCUT2D eigenvalue weighted by Crippen LogP contribution is 2.28. The summed E-state index contributed by atoms with van der Waals surface area (Å²) in [5.74, 6) is 0. The van der Waals surface area contributed by atoms with E-state index in [9.17, 15) is 0 Å². The molecular formula is C15H30N2. The second kappa shape index (κ2) is 7.17. The van der Waals surface area contributed by atoms with Gasteiger partial charge in [0.05, 0.1) is 0 Å². The molecule has 1 fully saturated rings. The smallest absolute Gasteiger partial charge is 0.0329 e. The lowest BCUT2D eigenvalue weighted by molar-refractivity contribution is 0.0517. The summed E-state index contributed by atoms with van der Waals surface area (Å²) in [5, 5.41) is 0. The van der Waals surface area contributed by atoms with Gasteiger partial charge < -0.3 is 5.73 Å². The van der Waals surface area contributed by atoms with Crippen molar-refractivity contribution < 1.29 is 0 Å². The monoisotopic (exact) mass is 238 g/mol. The van der Waals surface area contributed by atoms with Crippen LogP contribution in [0.25, 0.3) is 0 Å². The zero-order valence-corrected chi connectivity index (χ0v) is 11.8. The van der Waals surface area contributed by atoms with E-state index in [-0.39, 0.29) is 5.54 Å². The second-order valence-electron chi connectivity index (χ2n) is 5.58. The molecule has 2 atom stereocenters. The number of nitrogens with zero attached hydrogens (tertiary/aromatic N) is 1. The van der Waals surface area contributed by atoms with Crippen molar-refractivity contribution >= 4 is 0 Å². The van der Waals surface area contributed by atoms with E-state index < -0.39 is 0 Å². The molecule has 2 nitrogen and oxygen atoms in total. The van der Waals surface area contributed by atoms with Gasteiger partial charge in [0.15, 0.2) is 0 Å². The summed E-state index contributed by atoms with van der Waals surface area (Å²) < 4.78 is 0. The van der Waals surface area contributed by atoms with Gasteiger partial charge in [-0.3, -0.25) is 4.90 Å². The van der Waals surface area contributed by atoms with Gasteiger partial charge in [-0.15, -0.1) is 6.58 Å². The van der Waals surface area contributed by atoms with Crippen molar-refractivity contribution in [2.24, 2.45) is 5.73 Å². The van der Waals surface area contributed by atoms with E-state index in [4.69, 9.17) is 5.73 Å². The van der Waals surface area contributed by atoms with Gasteiger partial charge in [0.1, 0.15) is 0 Å². The van der Waals surface area contributed by atoms with Gasteiger partial charge in [-0.25, -0.2) is 0 Å². The Morgan fingerprint density at radius 2 is 2.00 bits per heavy atom. The zero-order valence-electron chi connectivity index (χ0n) is 11.8. The van der Waals surface area contributed by atoms with Crippen LogP contribution in [0.15, 0.2) is 12.7 Å². The van der Waals surface area contributed by atoms with Crippen LogP contribution >= 0.6 is 0 Å². The first-order chi connectivity index (χ1) is 8.15. The Kier molecular flexibility index (Phi) is 6.21. The Hall–Kier alpha value is -0.340. The molecule has 0 amide bonds. The van der Waals surface area contributed by atoms with Crippen LogP contribution in [-0.4, -0.2) is 29.6 Å². The van der Waals surface area contributed by atoms with Crippen molar-refractivity contribution in [2.45, 2.75) is 70.4 Å². The van der Waals surface area contributed by atoms with Crippen molar-refractivity contribution in [1.29, 1.82) is 0 Å². The molecule has 17 heavy (non-hydrogen) atoms. The lowest BCUT2D eigenvalue weighted by atomic mass is 9.83. The lowest BCUT2D eigenvalue weighted by Crippen LogP contribution is -2.59. The molecule has 1 aliphatic heterocycles. The molecule has 1 rings (SSSR count). The van der Waals surface area contributed by atoms with E-state index >= 15 is 0 Å². The predicted molar refractivity (Wildman–Crippen MR) is 76.1 cm³/mol. The first kappa shape index (κ1) is 14.7. The second-order valence-corrected chi connectivity index (χ2v) is 5.58. The number of hydrogen-bond acceptors (Lipinski definition) is 2. The summed E-state index contributed by atoms with van der Waals surface area (Å²) >= 11 is 0. The Bertz CT molecular complexity index is 221. The van der Waals surface area contributed by atoms with Crippen molar-refractivity contribution in [3.05, 3.63) is 12.7 Å². The number of allylic oxidation sites excluding steroid dienone is 1. The molecule has 100 valence electrons. The highest BCUT2D eigenvalue weighted by Gasteiger charge is 2.36. The van der Waals surface area contributed by atoms with Gasteiger partial charge in [0.25, 0.3) is 0 Å². The van der Waals surface area contributed by atoms with Crippen molar-refractivity contribution in [1.82, 2.24) is 4.90 Å². The number of piperidine rings is 1. The average molecular weight is 238 g/mol. The maximum atomic E-state index is 6.46. The molecule has 1 heterocycles. The maximum Gasteiger partial charge on any atom is 0.0329 e. The first-order valence-corrected chi connectivity index (χ1v) is 7.26. The van der Waals surface area contributed by atoms with Crippen molar-refractivity contribution in [2.75, 3.05) is 13.1 Å². The number of rotatable bonds is 7. The fourth-order valence-electron chi connectivity index (χ4n) is 2.92. The molecule has 0 radical (unpaired) electrons. The molecule has 0 aromatic rings. The topological polar surface area (TPSA) is 29.3 Å². The third kappa shape index (κ3) is 3.82. The van der Waals surface area contributed by atoms with Crippen molar-refractivity contribution in [3.8, 4) is 0 Å². The van der Waals surface area contributed by atoms with Gasteiger partial charge >= 0.3 is 0 Å². The number of hydrogen-bond donors (Lipinski definition) is 1. The molecule has 2 heteroatoms. The molecule has 1 aliphatic rings. The van der Waals surface area contributed by atoms with Crippen molar-refractivity contribution in [3.63, 3.8) is 0 Å². The number of unbranched alkanes of at least 4 members (excludes halogenated alkanes) is 1. The quantitative estimate of drug-likeness (QED) is 0.544. The van der Waals surface area contributed by atoms with Crippen LogP contribution in [0.5, 0.6) is 0 Å². The van der Waals surface area contributed by atoms with Crippen LogP contribution in [0.1, 0.15) is 58.8 Å². The summed E-state index contributed by atoms with van der Waals surface area (Å²) in [4.78, 5) is 2.63. The Labute approximate surface area is 107 Å². The summed E-state index contributed by atoms with van der Waals surface area (Å²) in [6.07, 6.45) is 10.6. The maximum absolute atomic E-state index is 6.46. The highest BCUT2D eigenvalue weighted by atomic mass is 15.2. The van der Waals surface area contributed by atoms with Crippen LogP contribution in [0.2, 0.25) is 0 Å². The van der Waals surface area contributed by atoms with Gasteiger partial charge in [-0.05, 0) is 58.5 Å².